The third-order valence-electron chi connectivity index (χ3n) is 3.10. The molecule has 0 amide bonds. The van der Waals surface area contributed by atoms with Crippen molar-refractivity contribution in [2.24, 2.45) is 0 Å². The monoisotopic (exact) mass is 298 g/mol. The summed E-state index contributed by atoms with van der Waals surface area (Å²) in [6, 6.07) is 9.55. The summed E-state index contributed by atoms with van der Waals surface area (Å²) in [5.41, 5.74) is 4.91. The first-order valence-corrected chi connectivity index (χ1v) is 6.20. The standard InChI is InChI=1S/C15H14F4N2/c1-21(9-10-4-2-3-5-13(10)16)14-7-6-11(20)8-12(14)15(17,18)19/h2-8H,9,20H2,1H3. The van der Waals surface area contributed by atoms with Crippen LogP contribution in [-0.4, -0.2) is 7.05 Å². The van der Waals surface area contributed by atoms with Crippen molar-refractivity contribution < 1.29 is 17.6 Å². The van der Waals surface area contributed by atoms with Crippen LogP contribution in [0.4, 0.5) is 28.9 Å². The maximum atomic E-state index is 13.6. The Morgan fingerprint density at radius 2 is 1.76 bits per heavy atom. The minimum Gasteiger partial charge on any atom is -0.399 e. The van der Waals surface area contributed by atoms with Crippen molar-refractivity contribution in [2.45, 2.75) is 12.7 Å². The van der Waals surface area contributed by atoms with Gasteiger partial charge in [-0.25, -0.2) is 4.39 Å². The van der Waals surface area contributed by atoms with Crippen molar-refractivity contribution in [1.29, 1.82) is 0 Å². The molecule has 0 aliphatic carbocycles. The van der Waals surface area contributed by atoms with Gasteiger partial charge in [-0.2, -0.15) is 13.2 Å². The summed E-state index contributed by atoms with van der Waals surface area (Å²) in [6.07, 6.45) is -4.52. The largest absolute Gasteiger partial charge is 0.418 e. The molecule has 0 saturated carbocycles. The molecular formula is C15H14F4N2. The summed E-state index contributed by atoms with van der Waals surface area (Å²) < 4.78 is 52.7. The van der Waals surface area contributed by atoms with E-state index in [0.29, 0.717) is 5.56 Å². The van der Waals surface area contributed by atoms with Crippen LogP contribution in [0.15, 0.2) is 42.5 Å². The highest BCUT2D eigenvalue weighted by atomic mass is 19.4. The van der Waals surface area contributed by atoms with Gasteiger partial charge in [0.05, 0.1) is 5.56 Å². The van der Waals surface area contributed by atoms with E-state index in [1.165, 1.54) is 42.3 Å². The van der Waals surface area contributed by atoms with Gasteiger partial charge in [0.2, 0.25) is 0 Å². The highest BCUT2D eigenvalue weighted by Crippen LogP contribution is 2.37. The molecule has 2 aromatic carbocycles. The molecule has 0 bridgehead atoms. The van der Waals surface area contributed by atoms with E-state index in [1.54, 1.807) is 6.07 Å². The van der Waals surface area contributed by atoms with Gasteiger partial charge in [-0.15, -0.1) is 0 Å². The van der Waals surface area contributed by atoms with Crippen LogP contribution in [0.25, 0.3) is 0 Å². The molecule has 2 rings (SSSR count). The van der Waals surface area contributed by atoms with E-state index in [9.17, 15) is 17.6 Å². The fourth-order valence-electron chi connectivity index (χ4n) is 2.08. The summed E-state index contributed by atoms with van der Waals surface area (Å²) in [5, 5.41) is 0. The fraction of sp³-hybridized carbons (Fsp3) is 0.200. The second-order valence-corrected chi connectivity index (χ2v) is 4.72. The third kappa shape index (κ3) is 3.45. The van der Waals surface area contributed by atoms with E-state index >= 15 is 0 Å². The molecule has 0 aliphatic heterocycles. The van der Waals surface area contributed by atoms with E-state index in [0.717, 1.165) is 6.07 Å². The third-order valence-corrected chi connectivity index (χ3v) is 3.10. The molecule has 0 unspecified atom stereocenters. The number of alkyl halides is 3. The zero-order valence-electron chi connectivity index (χ0n) is 11.3. The Balaban J connectivity index is 2.36. The van der Waals surface area contributed by atoms with Gasteiger partial charge in [0.15, 0.2) is 0 Å². The van der Waals surface area contributed by atoms with E-state index < -0.39 is 17.6 Å². The molecule has 6 heteroatoms. The van der Waals surface area contributed by atoms with Crippen LogP contribution in [0.5, 0.6) is 0 Å². The van der Waals surface area contributed by atoms with Gasteiger partial charge in [-0.05, 0) is 24.3 Å². The van der Waals surface area contributed by atoms with Gasteiger partial charge in [0.1, 0.15) is 5.82 Å². The first kappa shape index (κ1) is 15.2. The van der Waals surface area contributed by atoms with Crippen LogP contribution in [0.3, 0.4) is 0 Å². The quantitative estimate of drug-likeness (QED) is 0.684. The molecule has 0 aliphatic rings. The number of rotatable bonds is 3. The van der Waals surface area contributed by atoms with Gasteiger partial charge < -0.3 is 10.6 Å². The zero-order valence-corrected chi connectivity index (χ0v) is 11.3. The molecule has 21 heavy (non-hydrogen) atoms. The van der Waals surface area contributed by atoms with Crippen molar-refractivity contribution in [3.8, 4) is 0 Å². The Hall–Kier alpha value is -2.24. The second-order valence-electron chi connectivity index (χ2n) is 4.72. The average molecular weight is 298 g/mol. The van der Waals surface area contributed by atoms with Crippen LogP contribution < -0.4 is 10.6 Å². The molecule has 0 radical (unpaired) electrons. The van der Waals surface area contributed by atoms with E-state index in [1.807, 2.05) is 0 Å². The van der Waals surface area contributed by atoms with Crippen LogP contribution in [0.2, 0.25) is 0 Å². The molecule has 2 nitrogen and oxygen atoms in total. The van der Waals surface area contributed by atoms with E-state index in [2.05, 4.69) is 0 Å². The first-order chi connectivity index (χ1) is 9.79. The highest BCUT2D eigenvalue weighted by Gasteiger charge is 2.34. The number of benzene rings is 2. The molecule has 0 heterocycles. The number of hydrogen-bond acceptors (Lipinski definition) is 2. The molecule has 0 fully saturated rings. The molecule has 0 spiro atoms. The Morgan fingerprint density at radius 1 is 1.10 bits per heavy atom. The molecule has 0 atom stereocenters. The average Bonchev–Trinajstić information content (AvgIpc) is 2.40. The maximum absolute atomic E-state index is 13.6. The van der Waals surface area contributed by atoms with Crippen LogP contribution in [0.1, 0.15) is 11.1 Å². The summed E-state index contributed by atoms with van der Waals surface area (Å²) in [4.78, 5) is 1.35. The summed E-state index contributed by atoms with van der Waals surface area (Å²) >= 11 is 0. The summed E-state index contributed by atoms with van der Waals surface area (Å²) in [7, 11) is 1.48. The topological polar surface area (TPSA) is 29.3 Å². The van der Waals surface area contributed by atoms with Crippen LogP contribution >= 0.6 is 0 Å². The number of nitrogens with zero attached hydrogens (tertiary/aromatic N) is 1. The Kier molecular flexibility index (Phi) is 4.06. The summed E-state index contributed by atoms with van der Waals surface area (Å²) in [5.74, 6) is -0.451. The Bertz CT molecular complexity index is 638. The highest BCUT2D eigenvalue weighted by molar-refractivity contribution is 5.60. The predicted octanol–water partition coefficient (Wildman–Crippen LogP) is 4.06. The Morgan fingerprint density at radius 3 is 2.38 bits per heavy atom. The molecule has 112 valence electrons. The van der Waals surface area contributed by atoms with Gasteiger partial charge in [-0.1, -0.05) is 18.2 Å². The molecule has 0 aromatic heterocycles. The maximum Gasteiger partial charge on any atom is 0.418 e. The lowest BCUT2D eigenvalue weighted by Crippen LogP contribution is -2.21. The van der Waals surface area contributed by atoms with Crippen molar-refractivity contribution in [3.63, 3.8) is 0 Å². The lowest BCUT2D eigenvalue weighted by molar-refractivity contribution is -0.137. The molecule has 0 saturated heterocycles. The SMILES string of the molecule is CN(Cc1ccccc1F)c1ccc(N)cc1C(F)(F)F. The second kappa shape index (κ2) is 5.63. The van der Waals surface area contributed by atoms with Crippen LogP contribution in [-0.2, 0) is 12.7 Å². The normalized spacial score (nSPS) is 11.5. The van der Waals surface area contributed by atoms with Crippen molar-refractivity contribution in [3.05, 3.63) is 59.4 Å². The Labute approximate surface area is 119 Å². The van der Waals surface area contributed by atoms with Gasteiger partial charge >= 0.3 is 6.18 Å². The van der Waals surface area contributed by atoms with E-state index in [4.69, 9.17) is 5.73 Å². The molecule has 2 aromatic rings. The van der Waals surface area contributed by atoms with Gasteiger partial charge in [0, 0.05) is 30.5 Å². The lowest BCUT2D eigenvalue weighted by Gasteiger charge is -2.24. The van der Waals surface area contributed by atoms with Gasteiger partial charge in [-0.3, -0.25) is 0 Å². The first-order valence-electron chi connectivity index (χ1n) is 6.20. The molecule has 2 N–H and O–H groups in total. The number of nitrogen functional groups attached to an aromatic ring is 1. The minimum absolute atomic E-state index is 0.0275. The smallest absolute Gasteiger partial charge is 0.399 e. The lowest BCUT2D eigenvalue weighted by atomic mass is 10.1. The zero-order chi connectivity index (χ0) is 15.6. The molecular weight excluding hydrogens is 284 g/mol. The van der Waals surface area contributed by atoms with E-state index in [-0.39, 0.29) is 17.9 Å². The number of halogens is 4. The number of anilines is 2. The van der Waals surface area contributed by atoms with Crippen molar-refractivity contribution >= 4 is 11.4 Å². The fourth-order valence-corrected chi connectivity index (χ4v) is 2.08. The van der Waals surface area contributed by atoms with Gasteiger partial charge in [0.25, 0.3) is 0 Å². The van der Waals surface area contributed by atoms with Crippen molar-refractivity contribution in [1.82, 2.24) is 0 Å². The number of hydrogen-bond donors (Lipinski definition) is 1. The predicted molar refractivity (Wildman–Crippen MR) is 74.4 cm³/mol. The minimum atomic E-state index is -4.52. The van der Waals surface area contributed by atoms with Crippen LogP contribution in [0, 0.1) is 5.82 Å². The summed E-state index contributed by atoms with van der Waals surface area (Å²) in [6.45, 7) is 0.0275. The number of nitrogens with two attached hydrogens (primary N) is 1. The van der Waals surface area contributed by atoms with Crippen molar-refractivity contribution in [2.75, 3.05) is 17.7 Å².